The molecule has 3 heterocycles. The van der Waals surface area contributed by atoms with Crippen LogP contribution in [0.2, 0.25) is 0 Å². The van der Waals surface area contributed by atoms with Crippen LogP contribution in [0.25, 0.3) is 11.0 Å². The monoisotopic (exact) mass is 274 g/mol. The highest BCUT2D eigenvalue weighted by molar-refractivity contribution is 5.91. The standard InChI is InChI=1S/C15H22N4O/c1-8-9(2)19(10(3)12-6-5-7-20-12)15-13(8)14(16)17-11(4)18-15/h10,12H,5-7H2,1-4H3,(H2,16,17,18). The summed E-state index contributed by atoms with van der Waals surface area (Å²) in [5.41, 5.74) is 9.41. The molecule has 5 nitrogen and oxygen atoms in total. The molecule has 1 saturated heterocycles. The molecule has 0 bridgehead atoms. The molecule has 2 aromatic rings. The van der Waals surface area contributed by atoms with E-state index < -0.39 is 0 Å². The lowest BCUT2D eigenvalue weighted by Crippen LogP contribution is -2.22. The van der Waals surface area contributed by atoms with Gasteiger partial charge in [0.15, 0.2) is 0 Å². The number of aromatic nitrogens is 3. The Bertz CT molecular complexity index is 656. The van der Waals surface area contributed by atoms with Crippen LogP contribution in [0.5, 0.6) is 0 Å². The SMILES string of the molecule is Cc1nc(N)c2c(C)c(C)n(C(C)C3CCCO3)c2n1. The van der Waals surface area contributed by atoms with E-state index in [1.165, 1.54) is 11.3 Å². The van der Waals surface area contributed by atoms with Gasteiger partial charge < -0.3 is 15.0 Å². The van der Waals surface area contributed by atoms with Gasteiger partial charge in [-0.3, -0.25) is 0 Å². The van der Waals surface area contributed by atoms with Crippen molar-refractivity contribution in [1.29, 1.82) is 0 Å². The number of hydrogen-bond donors (Lipinski definition) is 1. The van der Waals surface area contributed by atoms with Gasteiger partial charge >= 0.3 is 0 Å². The highest BCUT2D eigenvalue weighted by atomic mass is 16.5. The molecule has 0 radical (unpaired) electrons. The van der Waals surface area contributed by atoms with Gasteiger partial charge in [0.1, 0.15) is 17.3 Å². The van der Waals surface area contributed by atoms with Gasteiger partial charge in [-0.15, -0.1) is 0 Å². The predicted octanol–water partition coefficient (Wildman–Crippen LogP) is 2.68. The molecule has 108 valence electrons. The van der Waals surface area contributed by atoms with Crippen LogP contribution in [0.4, 0.5) is 5.82 Å². The summed E-state index contributed by atoms with van der Waals surface area (Å²) in [7, 11) is 0. The van der Waals surface area contributed by atoms with Gasteiger partial charge in [0.05, 0.1) is 17.5 Å². The molecule has 0 aromatic carbocycles. The van der Waals surface area contributed by atoms with Gasteiger partial charge in [-0.25, -0.2) is 9.97 Å². The maximum atomic E-state index is 6.10. The van der Waals surface area contributed by atoms with Crippen molar-refractivity contribution in [3.05, 3.63) is 17.1 Å². The Balaban J connectivity index is 2.21. The highest BCUT2D eigenvalue weighted by Crippen LogP contribution is 2.34. The summed E-state index contributed by atoms with van der Waals surface area (Å²) < 4.78 is 8.12. The molecule has 1 aliphatic rings. The van der Waals surface area contributed by atoms with Crippen molar-refractivity contribution in [3.63, 3.8) is 0 Å². The summed E-state index contributed by atoms with van der Waals surface area (Å²) in [6, 6.07) is 0.266. The average Bonchev–Trinajstić information content (AvgIpc) is 2.98. The molecule has 0 amide bonds. The van der Waals surface area contributed by atoms with E-state index in [1.54, 1.807) is 0 Å². The van der Waals surface area contributed by atoms with Crippen LogP contribution in [0.15, 0.2) is 0 Å². The van der Waals surface area contributed by atoms with Gasteiger partial charge in [0, 0.05) is 12.3 Å². The summed E-state index contributed by atoms with van der Waals surface area (Å²) in [5, 5.41) is 0.984. The Kier molecular flexibility index (Phi) is 3.17. The third-order valence-electron chi connectivity index (χ3n) is 4.45. The second-order valence-electron chi connectivity index (χ2n) is 5.73. The first-order valence-electron chi connectivity index (χ1n) is 7.23. The molecule has 5 heteroatoms. The zero-order valence-electron chi connectivity index (χ0n) is 12.6. The van der Waals surface area contributed by atoms with Crippen LogP contribution in [0.3, 0.4) is 0 Å². The zero-order chi connectivity index (χ0) is 14.4. The first-order valence-corrected chi connectivity index (χ1v) is 7.23. The summed E-state index contributed by atoms with van der Waals surface area (Å²) >= 11 is 0. The van der Waals surface area contributed by atoms with Crippen molar-refractivity contribution in [2.75, 3.05) is 12.3 Å². The molecule has 2 unspecified atom stereocenters. The van der Waals surface area contributed by atoms with E-state index in [1.807, 2.05) is 6.92 Å². The van der Waals surface area contributed by atoms with E-state index in [9.17, 15) is 0 Å². The van der Waals surface area contributed by atoms with Crippen LogP contribution in [0.1, 0.15) is 42.9 Å². The van der Waals surface area contributed by atoms with E-state index in [0.29, 0.717) is 11.6 Å². The van der Waals surface area contributed by atoms with Crippen molar-refractivity contribution in [2.24, 2.45) is 0 Å². The van der Waals surface area contributed by atoms with Crippen LogP contribution >= 0.6 is 0 Å². The minimum absolute atomic E-state index is 0.264. The fourth-order valence-electron chi connectivity index (χ4n) is 3.28. The quantitative estimate of drug-likeness (QED) is 0.914. The van der Waals surface area contributed by atoms with E-state index >= 15 is 0 Å². The van der Waals surface area contributed by atoms with Gasteiger partial charge in [-0.2, -0.15) is 0 Å². The lowest BCUT2D eigenvalue weighted by atomic mass is 10.1. The molecule has 3 rings (SSSR count). The highest BCUT2D eigenvalue weighted by Gasteiger charge is 2.28. The fourth-order valence-corrected chi connectivity index (χ4v) is 3.28. The number of nitrogen functional groups attached to an aromatic ring is 1. The first kappa shape index (κ1) is 13.4. The van der Waals surface area contributed by atoms with Crippen molar-refractivity contribution in [3.8, 4) is 0 Å². The topological polar surface area (TPSA) is 66.0 Å². The Morgan fingerprint density at radius 3 is 2.70 bits per heavy atom. The normalized spacial score (nSPS) is 20.7. The number of ether oxygens (including phenoxy) is 1. The van der Waals surface area contributed by atoms with Gasteiger partial charge in [0.25, 0.3) is 0 Å². The second-order valence-corrected chi connectivity index (χ2v) is 5.73. The third kappa shape index (κ3) is 1.88. The molecule has 2 N–H and O–H groups in total. The summed E-state index contributed by atoms with van der Waals surface area (Å²) in [5.74, 6) is 1.29. The Morgan fingerprint density at radius 2 is 2.05 bits per heavy atom. The molecule has 1 aliphatic heterocycles. The molecule has 0 saturated carbocycles. The molecule has 0 spiro atoms. The minimum Gasteiger partial charge on any atom is -0.383 e. The van der Waals surface area contributed by atoms with Crippen molar-refractivity contribution >= 4 is 16.9 Å². The van der Waals surface area contributed by atoms with Gasteiger partial charge in [-0.05, 0) is 46.1 Å². The van der Waals surface area contributed by atoms with E-state index in [2.05, 4.69) is 35.3 Å². The van der Waals surface area contributed by atoms with E-state index in [4.69, 9.17) is 10.5 Å². The Hall–Kier alpha value is -1.62. The van der Waals surface area contributed by atoms with Crippen LogP contribution in [-0.4, -0.2) is 27.2 Å². The summed E-state index contributed by atoms with van der Waals surface area (Å²) in [6.45, 7) is 9.16. The summed E-state index contributed by atoms with van der Waals surface area (Å²) in [4.78, 5) is 8.92. The maximum Gasteiger partial charge on any atom is 0.146 e. The molecule has 2 aromatic heterocycles. The van der Waals surface area contributed by atoms with Crippen LogP contribution < -0.4 is 5.73 Å². The predicted molar refractivity (Wildman–Crippen MR) is 79.8 cm³/mol. The van der Waals surface area contributed by atoms with Crippen molar-refractivity contribution < 1.29 is 4.74 Å². The fraction of sp³-hybridized carbons (Fsp3) is 0.600. The van der Waals surface area contributed by atoms with Gasteiger partial charge in [0.2, 0.25) is 0 Å². The smallest absolute Gasteiger partial charge is 0.146 e. The molecule has 1 fully saturated rings. The molecular weight excluding hydrogens is 252 g/mol. The maximum absolute atomic E-state index is 6.10. The van der Waals surface area contributed by atoms with Crippen LogP contribution in [-0.2, 0) is 4.74 Å². The first-order chi connectivity index (χ1) is 9.50. The number of hydrogen-bond acceptors (Lipinski definition) is 4. The third-order valence-corrected chi connectivity index (χ3v) is 4.45. The average molecular weight is 274 g/mol. The van der Waals surface area contributed by atoms with Crippen molar-refractivity contribution in [1.82, 2.24) is 14.5 Å². The summed E-state index contributed by atoms with van der Waals surface area (Å²) in [6.07, 6.45) is 2.52. The molecule has 20 heavy (non-hydrogen) atoms. The Morgan fingerprint density at radius 1 is 1.30 bits per heavy atom. The lowest BCUT2D eigenvalue weighted by Gasteiger charge is -2.23. The second kappa shape index (κ2) is 4.74. The largest absolute Gasteiger partial charge is 0.383 e. The molecule has 2 atom stereocenters. The number of nitrogens with zero attached hydrogens (tertiary/aromatic N) is 3. The molecule has 0 aliphatic carbocycles. The zero-order valence-corrected chi connectivity index (χ0v) is 12.6. The van der Waals surface area contributed by atoms with E-state index in [-0.39, 0.29) is 12.1 Å². The number of aryl methyl sites for hydroxylation is 2. The number of fused-ring (bicyclic) bond motifs is 1. The minimum atomic E-state index is 0.264. The number of anilines is 1. The number of rotatable bonds is 2. The van der Waals surface area contributed by atoms with Crippen LogP contribution in [0, 0.1) is 20.8 Å². The Labute approximate surface area is 119 Å². The van der Waals surface area contributed by atoms with Crippen molar-refractivity contribution in [2.45, 2.75) is 52.7 Å². The van der Waals surface area contributed by atoms with Gasteiger partial charge in [-0.1, -0.05) is 0 Å². The molecular formula is C15H22N4O. The lowest BCUT2D eigenvalue weighted by molar-refractivity contribution is 0.0739. The van der Waals surface area contributed by atoms with E-state index in [0.717, 1.165) is 30.5 Å². The number of nitrogens with two attached hydrogens (primary N) is 1.